The van der Waals surface area contributed by atoms with Crippen LogP contribution in [0.4, 0.5) is 5.69 Å². The van der Waals surface area contributed by atoms with Crippen LogP contribution in [-0.4, -0.2) is 24.4 Å². The standard InChI is InChI=1S/C14H18ClN3O2/c1-8-3-2-6-17-12(8)14(20)18-11-7-9(13(16)19)4-5-10(11)15/h4-5,7-8,12,17H,2-3,6H2,1H3,(H2,16,19)(H,18,20). The van der Waals surface area contributed by atoms with Crippen LogP contribution in [0.5, 0.6) is 0 Å². The molecule has 1 aromatic carbocycles. The molecule has 2 amide bonds. The normalized spacial score (nSPS) is 22.3. The summed E-state index contributed by atoms with van der Waals surface area (Å²) >= 11 is 6.03. The Hall–Kier alpha value is -1.59. The van der Waals surface area contributed by atoms with Crippen molar-refractivity contribution in [3.63, 3.8) is 0 Å². The summed E-state index contributed by atoms with van der Waals surface area (Å²) in [6.45, 7) is 2.87. The van der Waals surface area contributed by atoms with E-state index in [2.05, 4.69) is 10.6 Å². The third-order valence-electron chi connectivity index (χ3n) is 3.56. The number of hydrogen-bond donors (Lipinski definition) is 3. The Labute approximate surface area is 122 Å². The monoisotopic (exact) mass is 295 g/mol. The van der Waals surface area contributed by atoms with E-state index in [1.165, 1.54) is 12.1 Å². The molecule has 1 saturated heterocycles. The van der Waals surface area contributed by atoms with E-state index in [4.69, 9.17) is 17.3 Å². The van der Waals surface area contributed by atoms with Gasteiger partial charge in [0.1, 0.15) is 0 Å². The highest BCUT2D eigenvalue weighted by molar-refractivity contribution is 6.34. The SMILES string of the molecule is CC1CCCNC1C(=O)Nc1cc(C(N)=O)ccc1Cl. The molecule has 5 nitrogen and oxygen atoms in total. The van der Waals surface area contributed by atoms with Crippen LogP contribution in [0.15, 0.2) is 18.2 Å². The van der Waals surface area contributed by atoms with Crippen molar-refractivity contribution in [2.24, 2.45) is 11.7 Å². The van der Waals surface area contributed by atoms with Gasteiger partial charge in [0.05, 0.1) is 16.8 Å². The van der Waals surface area contributed by atoms with Gasteiger partial charge < -0.3 is 16.4 Å². The Morgan fingerprint density at radius 2 is 2.20 bits per heavy atom. The molecule has 1 aliphatic heterocycles. The molecule has 0 aliphatic carbocycles. The third-order valence-corrected chi connectivity index (χ3v) is 3.89. The van der Waals surface area contributed by atoms with Gasteiger partial charge in [-0.25, -0.2) is 0 Å². The van der Waals surface area contributed by atoms with Crippen molar-refractivity contribution in [3.8, 4) is 0 Å². The first-order valence-electron chi connectivity index (χ1n) is 6.62. The number of halogens is 1. The molecule has 2 rings (SSSR count). The van der Waals surface area contributed by atoms with E-state index >= 15 is 0 Å². The van der Waals surface area contributed by atoms with Crippen molar-refractivity contribution in [2.75, 3.05) is 11.9 Å². The molecule has 20 heavy (non-hydrogen) atoms. The fraction of sp³-hybridized carbons (Fsp3) is 0.429. The quantitative estimate of drug-likeness (QED) is 0.794. The average molecular weight is 296 g/mol. The second-order valence-corrected chi connectivity index (χ2v) is 5.51. The van der Waals surface area contributed by atoms with Crippen molar-refractivity contribution in [1.82, 2.24) is 5.32 Å². The molecule has 0 spiro atoms. The predicted molar refractivity (Wildman–Crippen MR) is 78.8 cm³/mol. The minimum atomic E-state index is -0.554. The Kier molecular flexibility index (Phi) is 4.62. The fourth-order valence-electron chi connectivity index (χ4n) is 2.39. The lowest BCUT2D eigenvalue weighted by atomic mass is 9.92. The van der Waals surface area contributed by atoms with Crippen LogP contribution in [0.3, 0.4) is 0 Å². The maximum atomic E-state index is 12.3. The summed E-state index contributed by atoms with van der Waals surface area (Å²) in [4.78, 5) is 23.4. The number of carbonyl (C=O) groups is 2. The highest BCUT2D eigenvalue weighted by atomic mass is 35.5. The zero-order valence-electron chi connectivity index (χ0n) is 11.3. The van der Waals surface area contributed by atoms with Gasteiger partial charge in [0.25, 0.3) is 0 Å². The smallest absolute Gasteiger partial charge is 0.248 e. The number of nitrogens with one attached hydrogen (secondary N) is 2. The second kappa shape index (κ2) is 6.24. The number of anilines is 1. The minimum absolute atomic E-state index is 0.138. The minimum Gasteiger partial charge on any atom is -0.366 e. The van der Waals surface area contributed by atoms with Gasteiger partial charge >= 0.3 is 0 Å². The highest BCUT2D eigenvalue weighted by Gasteiger charge is 2.27. The maximum absolute atomic E-state index is 12.3. The fourth-order valence-corrected chi connectivity index (χ4v) is 2.55. The maximum Gasteiger partial charge on any atom is 0.248 e. The topological polar surface area (TPSA) is 84.2 Å². The predicted octanol–water partition coefficient (Wildman–Crippen LogP) is 1.77. The van der Waals surface area contributed by atoms with Crippen LogP contribution in [0.25, 0.3) is 0 Å². The Morgan fingerprint density at radius 1 is 1.45 bits per heavy atom. The number of primary amides is 1. The summed E-state index contributed by atoms with van der Waals surface area (Å²) in [5.74, 6) is -0.427. The molecular formula is C14H18ClN3O2. The Balaban J connectivity index is 2.14. The number of carbonyl (C=O) groups excluding carboxylic acids is 2. The number of benzene rings is 1. The van der Waals surface area contributed by atoms with Gasteiger partial charge in [0, 0.05) is 5.56 Å². The summed E-state index contributed by atoms with van der Waals surface area (Å²) < 4.78 is 0. The molecule has 1 aromatic rings. The van der Waals surface area contributed by atoms with Crippen molar-refractivity contribution in [2.45, 2.75) is 25.8 Å². The van der Waals surface area contributed by atoms with Gasteiger partial charge in [0.15, 0.2) is 0 Å². The van der Waals surface area contributed by atoms with Gasteiger partial charge in [-0.2, -0.15) is 0 Å². The summed E-state index contributed by atoms with van der Waals surface area (Å²) in [5, 5.41) is 6.34. The van der Waals surface area contributed by atoms with E-state index in [1.54, 1.807) is 6.07 Å². The zero-order chi connectivity index (χ0) is 14.7. The number of rotatable bonds is 3. The Bertz CT molecular complexity index is 533. The van der Waals surface area contributed by atoms with Crippen LogP contribution >= 0.6 is 11.6 Å². The largest absolute Gasteiger partial charge is 0.366 e. The number of hydrogen-bond acceptors (Lipinski definition) is 3. The Morgan fingerprint density at radius 3 is 2.85 bits per heavy atom. The molecule has 0 bridgehead atoms. The first-order chi connectivity index (χ1) is 9.49. The van der Waals surface area contributed by atoms with E-state index in [0.717, 1.165) is 19.4 Å². The van der Waals surface area contributed by atoms with Gasteiger partial charge in [-0.3, -0.25) is 9.59 Å². The molecule has 108 valence electrons. The first-order valence-corrected chi connectivity index (χ1v) is 7.00. The van der Waals surface area contributed by atoms with Crippen molar-refractivity contribution >= 4 is 29.1 Å². The molecule has 6 heteroatoms. The van der Waals surface area contributed by atoms with Gasteiger partial charge in [-0.15, -0.1) is 0 Å². The highest BCUT2D eigenvalue weighted by Crippen LogP contribution is 2.24. The lowest BCUT2D eigenvalue weighted by Gasteiger charge is -2.29. The number of amides is 2. The third kappa shape index (κ3) is 3.29. The van der Waals surface area contributed by atoms with Gasteiger partial charge in [0.2, 0.25) is 11.8 Å². The summed E-state index contributed by atoms with van der Waals surface area (Å²) in [6, 6.07) is 4.34. The van der Waals surface area contributed by atoms with Crippen LogP contribution in [0.1, 0.15) is 30.1 Å². The van der Waals surface area contributed by atoms with E-state index < -0.39 is 5.91 Å². The van der Waals surface area contributed by atoms with Crippen LogP contribution in [0, 0.1) is 5.92 Å². The van der Waals surface area contributed by atoms with Crippen molar-refractivity contribution in [1.29, 1.82) is 0 Å². The molecule has 1 heterocycles. The van der Waals surface area contributed by atoms with Crippen LogP contribution in [0.2, 0.25) is 5.02 Å². The van der Waals surface area contributed by atoms with E-state index in [1.807, 2.05) is 6.92 Å². The molecule has 1 aliphatic rings. The summed E-state index contributed by atoms with van der Waals surface area (Å²) in [7, 11) is 0. The van der Waals surface area contributed by atoms with Gasteiger partial charge in [-0.1, -0.05) is 18.5 Å². The first kappa shape index (κ1) is 14.8. The van der Waals surface area contributed by atoms with Crippen LogP contribution in [-0.2, 0) is 4.79 Å². The molecule has 1 fully saturated rings. The lowest BCUT2D eigenvalue weighted by Crippen LogP contribution is -2.48. The lowest BCUT2D eigenvalue weighted by molar-refractivity contribution is -0.119. The average Bonchev–Trinajstić information content (AvgIpc) is 2.41. The molecule has 2 atom stereocenters. The molecular weight excluding hydrogens is 278 g/mol. The van der Waals surface area contributed by atoms with E-state index in [-0.39, 0.29) is 17.9 Å². The molecule has 0 aromatic heterocycles. The molecule has 2 unspecified atom stereocenters. The molecule has 4 N–H and O–H groups in total. The van der Waals surface area contributed by atoms with Crippen LogP contribution < -0.4 is 16.4 Å². The van der Waals surface area contributed by atoms with Gasteiger partial charge in [-0.05, 0) is 43.5 Å². The zero-order valence-corrected chi connectivity index (χ0v) is 12.0. The van der Waals surface area contributed by atoms with Crippen molar-refractivity contribution < 1.29 is 9.59 Å². The number of piperidine rings is 1. The van der Waals surface area contributed by atoms with Crippen molar-refractivity contribution in [3.05, 3.63) is 28.8 Å². The summed E-state index contributed by atoms with van der Waals surface area (Å²) in [5.41, 5.74) is 5.95. The van der Waals surface area contributed by atoms with E-state index in [0.29, 0.717) is 16.3 Å². The second-order valence-electron chi connectivity index (χ2n) is 5.10. The van der Waals surface area contributed by atoms with E-state index in [9.17, 15) is 9.59 Å². The molecule has 0 radical (unpaired) electrons. The molecule has 0 saturated carbocycles. The number of nitrogens with two attached hydrogens (primary N) is 1. The summed E-state index contributed by atoms with van der Waals surface area (Å²) in [6.07, 6.45) is 2.09.